The molecule has 0 aliphatic heterocycles. The van der Waals surface area contributed by atoms with E-state index in [0.717, 1.165) is 0 Å². The minimum atomic E-state index is -0.643. The van der Waals surface area contributed by atoms with Crippen LogP contribution in [0.5, 0.6) is 0 Å². The van der Waals surface area contributed by atoms with Crippen LogP contribution >= 0.6 is 0 Å². The first-order valence-electron chi connectivity index (χ1n) is 8.01. The number of carbonyl (C=O) groups excluding carboxylic acids is 2. The Kier molecular flexibility index (Phi) is 4.90. The van der Waals surface area contributed by atoms with Crippen LogP contribution in [0.2, 0.25) is 0 Å². The predicted molar refractivity (Wildman–Crippen MR) is 101 cm³/mol. The normalized spacial score (nSPS) is 10.1. The van der Waals surface area contributed by atoms with Crippen LogP contribution in [0.25, 0.3) is 5.69 Å². The maximum atomic E-state index is 12.2. The summed E-state index contributed by atoms with van der Waals surface area (Å²) in [4.78, 5) is 24.2. The van der Waals surface area contributed by atoms with Gasteiger partial charge in [0.1, 0.15) is 6.07 Å². The molecule has 0 fully saturated rings. The molecule has 1 heterocycles. The van der Waals surface area contributed by atoms with Crippen molar-refractivity contribution in [2.75, 3.05) is 18.2 Å². The Morgan fingerprint density at radius 3 is 2.37 bits per heavy atom. The van der Waals surface area contributed by atoms with Gasteiger partial charge in [0.15, 0.2) is 5.69 Å². The molecule has 0 aliphatic carbocycles. The van der Waals surface area contributed by atoms with E-state index in [4.69, 9.17) is 15.7 Å². The molecule has 3 rings (SSSR count). The lowest BCUT2D eigenvalue weighted by Crippen LogP contribution is -2.12. The highest BCUT2D eigenvalue weighted by Crippen LogP contribution is 2.25. The molecular formula is C20H16N4O3. The van der Waals surface area contributed by atoms with Crippen LogP contribution in [0, 0.1) is 11.3 Å². The highest BCUT2D eigenvalue weighted by atomic mass is 16.5. The van der Waals surface area contributed by atoms with Crippen molar-refractivity contribution >= 4 is 23.3 Å². The number of esters is 1. The molecule has 0 spiro atoms. The number of aromatic nitrogens is 1. The van der Waals surface area contributed by atoms with Crippen molar-refractivity contribution in [2.24, 2.45) is 0 Å². The predicted octanol–water partition coefficient (Wildman–Crippen LogP) is 2.97. The lowest BCUT2D eigenvalue weighted by Gasteiger charge is -2.10. The second-order valence-electron chi connectivity index (χ2n) is 5.65. The Morgan fingerprint density at radius 2 is 1.78 bits per heavy atom. The van der Waals surface area contributed by atoms with Crippen LogP contribution in [0.4, 0.5) is 11.4 Å². The molecule has 27 heavy (non-hydrogen) atoms. The fourth-order valence-electron chi connectivity index (χ4n) is 2.62. The summed E-state index contributed by atoms with van der Waals surface area (Å²) < 4.78 is 6.24. The average Bonchev–Trinajstić information content (AvgIpc) is 3.05. The second-order valence-corrected chi connectivity index (χ2v) is 5.65. The van der Waals surface area contributed by atoms with Gasteiger partial charge >= 0.3 is 5.97 Å². The highest BCUT2D eigenvalue weighted by molar-refractivity contribution is 6.04. The number of nitrogens with one attached hydrogen (secondary N) is 1. The fourth-order valence-corrected chi connectivity index (χ4v) is 2.62. The number of nitrogens with zero attached hydrogens (tertiary/aromatic N) is 2. The number of nitrogen functional groups attached to an aromatic ring is 1. The number of methoxy groups -OCH3 is 1. The van der Waals surface area contributed by atoms with Gasteiger partial charge in [0.2, 0.25) is 0 Å². The molecule has 0 radical (unpaired) electrons. The van der Waals surface area contributed by atoms with E-state index in [9.17, 15) is 9.59 Å². The lowest BCUT2D eigenvalue weighted by atomic mass is 10.2. The molecule has 3 N–H and O–H groups in total. The molecule has 134 valence electrons. The van der Waals surface area contributed by atoms with Crippen LogP contribution in [-0.2, 0) is 4.74 Å². The fraction of sp³-hybridized carbons (Fsp3) is 0.0500. The Hall–Kier alpha value is -4.05. The first-order chi connectivity index (χ1) is 13.0. The first kappa shape index (κ1) is 17.8. The molecule has 0 aliphatic rings. The van der Waals surface area contributed by atoms with E-state index in [-0.39, 0.29) is 22.9 Å². The van der Waals surface area contributed by atoms with Gasteiger partial charge in [-0.25, -0.2) is 4.79 Å². The zero-order chi connectivity index (χ0) is 19.4. The third-order valence-electron chi connectivity index (χ3n) is 3.98. The first-order valence-corrected chi connectivity index (χ1v) is 8.01. The second kappa shape index (κ2) is 7.45. The van der Waals surface area contributed by atoms with Gasteiger partial charge in [0.25, 0.3) is 5.91 Å². The Morgan fingerprint density at radius 1 is 1.11 bits per heavy atom. The number of ether oxygens (including phenoxy) is 1. The summed E-state index contributed by atoms with van der Waals surface area (Å²) in [5, 5.41) is 12.0. The third kappa shape index (κ3) is 3.50. The molecule has 0 bridgehead atoms. The summed E-state index contributed by atoms with van der Waals surface area (Å²) in [6, 6.07) is 17.6. The van der Waals surface area contributed by atoms with Gasteiger partial charge in [-0.3, -0.25) is 4.79 Å². The maximum Gasteiger partial charge on any atom is 0.357 e. The van der Waals surface area contributed by atoms with Crippen LogP contribution in [0.3, 0.4) is 0 Å². The number of hydrogen-bond donors (Lipinski definition) is 2. The molecule has 7 nitrogen and oxygen atoms in total. The van der Waals surface area contributed by atoms with E-state index in [2.05, 4.69) is 5.32 Å². The van der Waals surface area contributed by atoms with Crippen LogP contribution in [0.1, 0.15) is 26.4 Å². The van der Waals surface area contributed by atoms with E-state index in [1.54, 1.807) is 48.5 Å². The van der Waals surface area contributed by atoms with Gasteiger partial charge in [-0.05, 0) is 36.4 Å². The van der Waals surface area contributed by atoms with Gasteiger partial charge in [-0.1, -0.05) is 18.2 Å². The molecule has 0 saturated heterocycles. The molecule has 0 unspecified atom stereocenters. The van der Waals surface area contributed by atoms with E-state index in [0.29, 0.717) is 16.9 Å². The number of hydrogen-bond acceptors (Lipinski definition) is 5. The van der Waals surface area contributed by atoms with Crippen molar-refractivity contribution in [1.82, 2.24) is 4.57 Å². The van der Waals surface area contributed by atoms with Gasteiger partial charge in [-0.2, -0.15) is 5.26 Å². The Balaban J connectivity index is 1.89. The third-order valence-corrected chi connectivity index (χ3v) is 3.98. The minimum Gasteiger partial charge on any atom is -0.464 e. The molecule has 1 amide bonds. The monoisotopic (exact) mass is 360 g/mol. The van der Waals surface area contributed by atoms with Gasteiger partial charge < -0.3 is 20.4 Å². The van der Waals surface area contributed by atoms with Gasteiger partial charge in [0.05, 0.1) is 18.4 Å². The number of rotatable bonds is 4. The Bertz CT molecular complexity index is 1030. The number of nitrogens with two attached hydrogens (primary N) is 1. The van der Waals surface area contributed by atoms with Crippen molar-refractivity contribution in [3.63, 3.8) is 0 Å². The lowest BCUT2D eigenvalue weighted by molar-refractivity contribution is 0.0593. The summed E-state index contributed by atoms with van der Waals surface area (Å²) in [6.07, 6.45) is 1.47. The summed E-state index contributed by atoms with van der Waals surface area (Å²) in [6.45, 7) is 0. The number of anilines is 2. The summed E-state index contributed by atoms with van der Waals surface area (Å²) in [5.74, 6) is -0.869. The molecule has 2 aromatic carbocycles. The largest absolute Gasteiger partial charge is 0.464 e. The molecule has 1 aromatic heterocycles. The van der Waals surface area contributed by atoms with Gasteiger partial charge in [0, 0.05) is 23.1 Å². The van der Waals surface area contributed by atoms with E-state index < -0.39 is 5.97 Å². The molecule has 0 saturated carbocycles. The topological polar surface area (TPSA) is 110 Å². The van der Waals surface area contributed by atoms with Crippen molar-refractivity contribution in [1.29, 1.82) is 5.26 Å². The summed E-state index contributed by atoms with van der Waals surface area (Å²) >= 11 is 0. The number of amides is 1. The average molecular weight is 360 g/mol. The summed E-state index contributed by atoms with van der Waals surface area (Å²) in [7, 11) is 1.24. The van der Waals surface area contributed by atoms with E-state index in [1.165, 1.54) is 17.9 Å². The molecule has 3 aromatic rings. The number of benzene rings is 2. The molecule has 0 atom stereocenters. The number of nitriles is 1. The molecular weight excluding hydrogens is 344 g/mol. The van der Waals surface area contributed by atoms with Crippen molar-refractivity contribution in [3.05, 3.63) is 77.6 Å². The SMILES string of the molecule is COC(=O)c1c(N)c(C#N)cn1-c1ccc(NC(=O)c2ccccc2)cc1. The zero-order valence-electron chi connectivity index (χ0n) is 14.5. The quantitative estimate of drug-likeness (QED) is 0.695. The van der Waals surface area contributed by atoms with Gasteiger partial charge in [-0.15, -0.1) is 0 Å². The highest BCUT2D eigenvalue weighted by Gasteiger charge is 2.21. The standard InChI is InChI=1S/C20H16N4O3/c1-27-20(26)18-17(22)14(11-21)12-24(18)16-9-7-15(8-10-16)23-19(25)13-5-3-2-4-6-13/h2-10,12H,22H2,1H3,(H,23,25). The van der Waals surface area contributed by atoms with Crippen molar-refractivity contribution in [3.8, 4) is 11.8 Å². The summed E-state index contributed by atoms with van der Waals surface area (Å²) in [5.41, 5.74) is 7.94. The van der Waals surface area contributed by atoms with E-state index in [1.807, 2.05) is 12.1 Å². The van der Waals surface area contributed by atoms with E-state index >= 15 is 0 Å². The van der Waals surface area contributed by atoms with Crippen LogP contribution in [-0.4, -0.2) is 23.6 Å². The smallest absolute Gasteiger partial charge is 0.357 e. The zero-order valence-corrected chi connectivity index (χ0v) is 14.5. The van der Waals surface area contributed by atoms with Crippen LogP contribution < -0.4 is 11.1 Å². The minimum absolute atomic E-state index is 0.0609. The number of carbonyl (C=O) groups is 2. The Labute approximate surface area is 155 Å². The van der Waals surface area contributed by atoms with Crippen molar-refractivity contribution in [2.45, 2.75) is 0 Å². The van der Waals surface area contributed by atoms with Crippen molar-refractivity contribution < 1.29 is 14.3 Å². The maximum absolute atomic E-state index is 12.2. The molecule has 7 heteroatoms. The van der Waals surface area contributed by atoms with Crippen LogP contribution in [0.15, 0.2) is 60.8 Å².